The number of hydrogen-bond acceptors (Lipinski definition) is 3. The summed E-state index contributed by atoms with van der Waals surface area (Å²) in [5.41, 5.74) is 1.58. The molecule has 34 heavy (non-hydrogen) atoms. The number of urea groups is 1. The standard InChI is InChI=1S/C24H19Cl2F3N2O3/c1-12-10-20(34-19-9-8-15(11-18(19)26)24(27,28)29)13(2)14(3)21(12)30-23(33)31-22(32)16-6-4-5-7-17(16)25/h4-11H,1-3H3,(H2,30,31,32,33). The highest BCUT2D eigenvalue weighted by atomic mass is 35.5. The molecule has 0 unspecified atom stereocenters. The second-order valence-electron chi connectivity index (χ2n) is 7.45. The zero-order chi connectivity index (χ0) is 25.2. The van der Waals surface area contributed by atoms with E-state index in [-0.39, 0.29) is 21.4 Å². The lowest BCUT2D eigenvalue weighted by atomic mass is 10.0. The minimum Gasteiger partial charge on any atom is -0.456 e. The molecule has 0 aliphatic heterocycles. The molecule has 3 rings (SSSR count). The van der Waals surface area contributed by atoms with E-state index in [1.807, 2.05) is 0 Å². The van der Waals surface area contributed by atoms with Gasteiger partial charge in [-0.3, -0.25) is 10.1 Å². The summed E-state index contributed by atoms with van der Waals surface area (Å²) in [6.07, 6.45) is -4.52. The Kier molecular flexibility index (Phi) is 7.43. The van der Waals surface area contributed by atoms with Crippen LogP contribution in [0, 0.1) is 20.8 Å². The van der Waals surface area contributed by atoms with Crippen LogP contribution in [0.3, 0.4) is 0 Å². The molecule has 0 aliphatic carbocycles. The molecule has 3 aromatic rings. The van der Waals surface area contributed by atoms with Crippen molar-refractivity contribution < 1.29 is 27.5 Å². The molecular weight excluding hydrogens is 492 g/mol. The molecule has 10 heteroatoms. The van der Waals surface area contributed by atoms with Crippen molar-refractivity contribution in [1.29, 1.82) is 0 Å². The van der Waals surface area contributed by atoms with Crippen LogP contribution in [-0.4, -0.2) is 11.9 Å². The van der Waals surface area contributed by atoms with Crippen molar-refractivity contribution >= 4 is 40.8 Å². The molecule has 0 spiro atoms. The Morgan fingerprint density at radius 2 is 1.56 bits per heavy atom. The van der Waals surface area contributed by atoms with Gasteiger partial charge in [0.1, 0.15) is 11.5 Å². The molecule has 0 heterocycles. The Morgan fingerprint density at radius 3 is 2.18 bits per heavy atom. The van der Waals surface area contributed by atoms with Gasteiger partial charge in [0.15, 0.2) is 0 Å². The molecule has 3 aromatic carbocycles. The number of carbonyl (C=O) groups excluding carboxylic acids is 2. The van der Waals surface area contributed by atoms with Gasteiger partial charge in [-0.1, -0.05) is 35.3 Å². The van der Waals surface area contributed by atoms with Gasteiger partial charge >= 0.3 is 12.2 Å². The third-order valence-electron chi connectivity index (χ3n) is 5.11. The molecule has 3 amide bonds. The molecule has 0 bridgehead atoms. The Balaban J connectivity index is 1.80. The second kappa shape index (κ2) is 9.95. The van der Waals surface area contributed by atoms with Crippen LogP contribution in [0.5, 0.6) is 11.5 Å². The van der Waals surface area contributed by atoms with E-state index in [0.717, 1.165) is 18.2 Å². The van der Waals surface area contributed by atoms with Crippen molar-refractivity contribution in [2.45, 2.75) is 26.9 Å². The number of carbonyl (C=O) groups is 2. The van der Waals surface area contributed by atoms with Crippen LogP contribution < -0.4 is 15.4 Å². The Hall–Kier alpha value is -3.23. The first kappa shape index (κ1) is 25.4. The number of benzene rings is 3. The van der Waals surface area contributed by atoms with Crippen LogP contribution in [0.4, 0.5) is 23.7 Å². The van der Waals surface area contributed by atoms with Gasteiger partial charge in [0.05, 0.1) is 21.2 Å². The van der Waals surface area contributed by atoms with Crippen LogP contribution in [0.1, 0.15) is 32.6 Å². The second-order valence-corrected chi connectivity index (χ2v) is 8.26. The molecule has 0 radical (unpaired) electrons. The predicted molar refractivity (Wildman–Crippen MR) is 125 cm³/mol. The fourth-order valence-corrected chi connectivity index (χ4v) is 3.62. The topological polar surface area (TPSA) is 67.4 Å². The third kappa shape index (κ3) is 5.63. The summed E-state index contributed by atoms with van der Waals surface area (Å²) in [6.45, 7) is 5.16. The van der Waals surface area contributed by atoms with Crippen LogP contribution in [0.15, 0.2) is 48.5 Å². The van der Waals surface area contributed by atoms with Gasteiger partial charge < -0.3 is 10.1 Å². The first-order chi connectivity index (χ1) is 15.9. The predicted octanol–water partition coefficient (Wildman–Crippen LogP) is 7.69. The van der Waals surface area contributed by atoms with E-state index in [1.165, 1.54) is 12.1 Å². The van der Waals surface area contributed by atoms with Crippen molar-refractivity contribution in [3.63, 3.8) is 0 Å². The summed E-state index contributed by atoms with van der Waals surface area (Å²) in [6, 6.07) is 9.99. The van der Waals surface area contributed by atoms with Gasteiger partial charge in [-0.15, -0.1) is 0 Å². The number of imide groups is 1. The number of hydrogen-bond donors (Lipinski definition) is 2. The molecule has 5 nitrogen and oxygen atoms in total. The maximum Gasteiger partial charge on any atom is 0.416 e. The lowest BCUT2D eigenvalue weighted by Gasteiger charge is -2.19. The smallest absolute Gasteiger partial charge is 0.416 e. The third-order valence-corrected chi connectivity index (χ3v) is 5.74. The van der Waals surface area contributed by atoms with Crippen molar-refractivity contribution in [2.24, 2.45) is 0 Å². The first-order valence-electron chi connectivity index (χ1n) is 9.90. The molecule has 0 aliphatic rings. The van der Waals surface area contributed by atoms with Gasteiger partial charge in [-0.25, -0.2) is 4.79 Å². The highest BCUT2D eigenvalue weighted by Crippen LogP contribution is 2.39. The van der Waals surface area contributed by atoms with Gasteiger partial charge in [0.2, 0.25) is 0 Å². The van der Waals surface area contributed by atoms with Crippen LogP contribution >= 0.6 is 23.2 Å². The lowest BCUT2D eigenvalue weighted by Crippen LogP contribution is -2.35. The normalized spacial score (nSPS) is 11.2. The zero-order valence-electron chi connectivity index (χ0n) is 18.2. The zero-order valence-corrected chi connectivity index (χ0v) is 19.7. The van der Waals surface area contributed by atoms with Crippen LogP contribution in [0.2, 0.25) is 10.0 Å². The van der Waals surface area contributed by atoms with Crippen molar-refractivity contribution in [3.05, 3.63) is 86.4 Å². The summed E-state index contributed by atoms with van der Waals surface area (Å²) < 4.78 is 44.4. The summed E-state index contributed by atoms with van der Waals surface area (Å²) in [5.74, 6) is -0.248. The van der Waals surface area contributed by atoms with Crippen molar-refractivity contribution in [2.75, 3.05) is 5.32 Å². The monoisotopic (exact) mass is 510 g/mol. The minimum absolute atomic E-state index is 0.0559. The number of halogens is 5. The number of rotatable bonds is 4. The quantitative estimate of drug-likeness (QED) is 0.377. The summed E-state index contributed by atoms with van der Waals surface area (Å²) in [4.78, 5) is 24.7. The minimum atomic E-state index is -4.52. The number of anilines is 1. The van der Waals surface area contributed by atoms with E-state index in [0.29, 0.717) is 28.1 Å². The average Bonchev–Trinajstić information content (AvgIpc) is 2.75. The molecule has 2 N–H and O–H groups in total. The van der Waals surface area contributed by atoms with Gasteiger partial charge in [0.25, 0.3) is 5.91 Å². The highest BCUT2D eigenvalue weighted by Gasteiger charge is 2.31. The summed E-state index contributed by atoms with van der Waals surface area (Å²) in [7, 11) is 0. The molecular formula is C24H19Cl2F3N2O3. The number of amides is 3. The highest BCUT2D eigenvalue weighted by molar-refractivity contribution is 6.34. The van der Waals surface area contributed by atoms with Gasteiger partial charge in [0, 0.05) is 5.69 Å². The Labute approximate surface area is 203 Å². The fraction of sp³-hybridized carbons (Fsp3) is 0.167. The molecule has 178 valence electrons. The van der Waals surface area contributed by atoms with Gasteiger partial charge in [-0.05, 0) is 73.9 Å². The maximum atomic E-state index is 12.9. The van der Waals surface area contributed by atoms with Crippen LogP contribution in [0.25, 0.3) is 0 Å². The number of aryl methyl sites for hydroxylation is 1. The molecule has 0 atom stereocenters. The van der Waals surface area contributed by atoms with E-state index >= 15 is 0 Å². The number of nitrogens with one attached hydrogen (secondary N) is 2. The SMILES string of the molecule is Cc1cc(Oc2ccc(C(F)(F)F)cc2Cl)c(C)c(C)c1NC(=O)NC(=O)c1ccccc1Cl. The van der Waals surface area contributed by atoms with Crippen molar-refractivity contribution in [1.82, 2.24) is 5.32 Å². The largest absolute Gasteiger partial charge is 0.456 e. The maximum absolute atomic E-state index is 12.9. The number of alkyl halides is 3. The lowest BCUT2D eigenvalue weighted by molar-refractivity contribution is -0.137. The Bertz CT molecular complexity index is 1280. The van der Waals surface area contributed by atoms with E-state index in [4.69, 9.17) is 27.9 Å². The average molecular weight is 511 g/mol. The molecule has 0 saturated heterocycles. The molecule has 0 fully saturated rings. The summed E-state index contributed by atoms with van der Waals surface area (Å²) in [5, 5.41) is 4.89. The van der Waals surface area contributed by atoms with E-state index in [2.05, 4.69) is 10.6 Å². The van der Waals surface area contributed by atoms with Crippen LogP contribution in [-0.2, 0) is 6.18 Å². The van der Waals surface area contributed by atoms with Crippen molar-refractivity contribution in [3.8, 4) is 11.5 Å². The first-order valence-corrected chi connectivity index (χ1v) is 10.7. The van der Waals surface area contributed by atoms with E-state index in [1.54, 1.807) is 39.0 Å². The molecule has 0 aromatic heterocycles. The van der Waals surface area contributed by atoms with Gasteiger partial charge in [-0.2, -0.15) is 13.2 Å². The Morgan fingerprint density at radius 1 is 0.882 bits per heavy atom. The molecule has 0 saturated carbocycles. The number of ether oxygens (including phenoxy) is 1. The van der Waals surface area contributed by atoms with E-state index in [9.17, 15) is 22.8 Å². The van der Waals surface area contributed by atoms with E-state index < -0.39 is 23.7 Å². The summed E-state index contributed by atoms with van der Waals surface area (Å²) >= 11 is 12.0. The fourth-order valence-electron chi connectivity index (χ4n) is 3.18.